The summed E-state index contributed by atoms with van der Waals surface area (Å²) >= 11 is -2.68. The molecule has 1 heterocycles. The summed E-state index contributed by atoms with van der Waals surface area (Å²) in [6.07, 6.45) is 7.62. The molecule has 1 aromatic heterocycles. The van der Waals surface area contributed by atoms with E-state index in [4.69, 9.17) is 7.49 Å². The molecule has 182 valence electrons. The molecule has 2 aromatic carbocycles. The summed E-state index contributed by atoms with van der Waals surface area (Å²) in [7, 11) is 0. The van der Waals surface area contributed by atoms with E-state index in [1.54, 1.807) is 0 Å². The van der Waals surface area contributed by atoms with Gasteiger partial charge in [0.05, 0.1) is 0 Å². The molecule has 0 amide bonds. The van der Waals surface area contributed by atoms with Crippen molar-refractivity contribution in [3.8, 4) is 17.2 Å². The fraction of sp³-hybridized carbons (Fsp3) is 0.464. The van der Waals surface area contributed by atoms with Crippen LogP contribution in [0.2, 0.25) is 13.3 Å². The van der Waals surface area contributed by atoms with Crippen molar-refractivity contribution in [1.29, 1.82) is 0 Å². The van der Waals surface area contributed by atoms with Crippen LogP contribution in [0, 0.1) is 0 Å². The third kappa shape index (κ3) is 7.69. The van der Waals surface area contributed by atoms with Gasteiger partial charge in [0.25, 0.3) is 0 Å². The molecular weight excluding hydrogens is 529 g/mol. The summed E-state index contributed by atoms with van der Waals surface area (Å²) in [5, 5.41) is 8.21. The van der Waals surface area contributed by atoms with Gasteiger partial charge in [-0.05, 0) is 0 Å². The van der Waals surface area contributed by atoms with Crippen molar-refractivity contribution in [1.82, 2.24) is 10.2 Å². The first-order chi connectivity index (χ1) is 16.6. The topological polar surface area (TPSA) is 60.5 Å². The van der Waals surface area contributed by atoms with Crippen LogP contribution in [-0.4, -0.2) is 34.7 Å². The molecule has 0 aliphatic rings. The van der Waals surface area contributed by atoms with E-state index in [-0.39, 0.29) is 6.01 Å². The number of benzene rings is 2. The summed E-state index contributed by atoms with van der Waals surface area (Å²) in [4.78, 5) is 4.55. The van der Waals surface area contributed by atoms with Crippen molar-refractivity contribution in [2.24, 2.45) is 4.99 Å². The molecule has 3 aromatic rings. The molecular formula is C28H39N3O2Sn. The van der Waals surface area contributed by atoms with E-state index in [0.717, 1.165) is 22.6 Å². The van der Waals surface area contributed by atoms with Gasteiger partial charge in [0.15, 0.2) is 0 Å². The van der Waals surface area contributed by atoms with Gasteiger partial charge in [0, 0.05) is 0 Å². The van der Waals surface area contributed by atoms with E-state index in [9.17, 15) is 0 Å². The molecule has 0 bridgehead atoms. The van der Waals surface area contributed by atoms with Gasteiger partial charge in [-0.1, -0.05) is 18.2 Å². The molecule has 0 unspecified atom stereocenters. The fourth-order valence-electron chi connectivity index (χ4n) is 4.21. The van der Waals surface area contributed by atoms with Crippen molar-refractivity contribution in [2.45, 2.75) is 79.5 Å². The van der Waals surface area contributed by atoms with Gasteiger partial charge in [-0.2, -0.15) is 0 Å². The maximum atomic E-state index is 6.94. The number of aliphatic imine (C=N–C) groups is 1. The minimum absolute atomic E-state index is 0.269. The van der Waals surface area contributed by atoms with Crippen LogP contribution in [0.4, 0.5) is 6.01 Å². The van der Waals surface area contributed by atoms with E-state index < -0.39 is 18.8 Å². The molecule has 3 rings (SSSR count). The summed E-state index contributed by atoms with van der Waals surface area (Å²) < 4.78 is 16.7. The standard InChI is InChI=1S/C16H13N3O2.3C4H9.Sn/c1-11(12-7-9-14(20)10-8-12)17-16-19-18-15(21-16)13-5-3-2-4-6-13;3*1-3-4-2;/h2-10,20H,1H3;3*1,3-4H2,2H3;/q;;;;+1/p-1/b17-11+;;;;. The average molecular weight is 568 g/mol. The van der Waals surface area contributed by atoms with E-state index >= 15 is 0 Å². The second-order valence-corrected chi connectivity index (χ2v) is 20.7. The molecule has 0 saturated carbocycles. The van der Waals surface area contributed by atoms with Gasteiger partial charge < -0.3 is 0 Å². The quantitative estimate of drug-likeness (QED) is 0.144. The van der Waals surface area contributed by atoms with Crippen molar-refractivity contribution in [2.75, 3.05) is 0 Å². The van der Waals surface area contributed by atoms with E-state index in [1.807, 2.05) is 37.3 Å². The van der Waals surface area contributed by atoms with Gasteiger partial charge >= 0.3 is 192 Å². The molecule has 34 heavy (non-hydrogen) atoms. The Morgan fingerprint density at radius 2 is 1.41 bits per heavy atom. The zero-order valence-electron chi connectivity index (χ0n) is 21.2. The van der Waals surface area contributed by atoms with Crippen molar-refractivity contribution >= 4 is 30.5 Å². The Morgan fingerprint density at radius 3 is 1.97 bits per heavy atom. The zero-order valence-corrected chi connectivity index (χ0v) is 24.1. The third-order valence-electron chi connectivity index (χ3n) is 6.26. The van der Waals surface area contributed by atoms with Crippen LogP contribution in [0.15, 0.2) is 64.0 Å². The Hall–Kier alpha value is -2.15. The predicted octanol–water partition coefficient (Wildman–Crippen LogP) is 8.60. The van der Waals surface area contributed by atoms with E-state index in [0.29, 0.717) is 5.89 Å². The monoisotopic (exact) mass is 569 g/mol. The molecule has 0 spiro atoms. The second-order valence-electron chi connectivity index (χ2n) is 9.07. The van der Waals surface area contributed by atoms with Crippen LogP contribution in [-0.2, 0) is 0 Å². The number of aromatic nitrogens is 2. The normalized spacial score (nSPS) is 12.2. The molecule has 0 aliphatic heterocycles. The molecule has 5 nitrogen and oxygen atoms in total. The fourth-order valence-corrected chi connectivity index (χ4v) is 17.6. The maximum absolute atomic E-state index is 6.94. The van der Waals surface area contributed by atoms with Crippen LogP contribution < -0.4 is 3.07 Å². The van der Waals surface area contributed by atoms with Gasteiger partial charge in [-0.15, -0.1) is 0 Å². The molecule has 0 atom stereocenters. The second kappa shape index (κ2) is 13.7. The van der Waals surface area contributed by atoms with Crippen molar-refractivity contribution < 1.29 is 7.49 Å². The van der Waals surface area contributed by atoms with E-state index in [1.165, 1.54) is 51.8 Å². The zero-order chi connectivity index (χ0) is 24.2. The van der Waals surface area contributed by atoms with Crippen LogP contribution >= 0.6 is 0 Å². The van der Waals surface area contributed by atoms with Crippen LogP contribution in [0.1, 0.15) is 71.8 Å². The van der Waals surface area contributed by atoms with Crippen LogP contribution in [0.25, 0.3) is 11.5 Å². The number of hydrogen-bond donors (Lipinski definition) is 0. The Labute approximate surface area is 209 Å². The molecule has 0 saturated heterocycles. The third-order valence-corrected chi connectivity index (χ3v) is 19.0. The van der Waals surface area contributed by atoms with Gasteiger partial charge in [0.1, 0.15) is 0 Å². The Morgan fingerprint density at radius 1 is 0.824 bits per heavy atom. The summed E-state index contributed by atoms with van der Waals surface area (Å²) in [6.45, 7) is 8.84. The number of rotatable bonds is 14. The molecule has 0 aliphatic carbocycles. The first-order valence-electron chi connectivity index (χ1n) is 12.8. The first kappa shape index (κ1) is 26.5. The Kier molecular flexibility index (Phi) is 10.6. The predicted molar refractivity (Wildman–Crippen MR) is 144 cm³/mol. The molecule has 0 radical (unpaired) electrons. The number of hydrogen-bond acceptors (Lipinski definition) is 5. The summed E-state index contributed by atoms with van der Waals surface area (Å²) in [5.74, 6) is 1.51. The van der Waals surface area contributed by atoms with Gasteiger partial charge in [-0.3, -0.25) is 0 Å². The molecule has 0 fully saturated rings. The first-order valence-corrected chi connectivity index (χ1v) is 20.0. The van der Waals surface area contributed by atoms with Gasteiger partial charge in [-0.25, -0.2) is 0 Å². The summed E-state index contributed by atoms with van der Waals surface area (Å²) in [6, 6.07) is 18.4. The van der Waals surface area contributed by atoms with Crippen LogP contribution in [0.3, 0.4) is 0 Å². The van der Waals surface area contributed by atoms with Crippen molar-refractivity contribution in [3.63, 3.8) is 0 Å². The Balaban J connectivity index is 1.73. The van der Waals surface area contributed by atoms with E-state index in [2.05, 4.69) is 60.2 Å². The Bertz CT molecular complexity index is 994. The molecule has 0 N–H and O–H groups in total. The van der Waals surface area contributed by atoms with Crippen LogP contribution in [0.5, 0.6) is 5.75 Å². The van der Waals surface area contributed by atoms with Crippen molar-refractivity contribution in [3.05, 3.63) is 60.2 Å². The van der Waals surface area contributed by atoms with Gasteiger partial charge in [0.2, 0.25) is 0 Å². The number of nitrogens with zero attached hydrogens (tertiary/aromatic N) is 3. The average Bonchev–Trinajstić information content (AvgIpc) is 3.34. The minimum atomic E-state index is -2.68. The molecule has 6 heteroatoms. The summed E-state index contributed by atoms with van der Waals surface area (Å²) in [5.41, 5.74) is 2.76. The SMILES string of the molecule is CCC[CH2][Sn]([CH2]CCC)([CH2]CCC)[O]c1ccc(/C(C)=N/c2nnc(-c3ccccc3)o2)cc1. The number of unbranched alkanes of at least 4 members (excludes halogenated alkanes) is 3.